The SMILES string of the molecule is C=C/C=C\C(=C/C)c1ccc2c(c1)c(C(N)=O)cn2CC(=O)N1CC(C)CC1C(=O)Nc1ccc(F)c(-c2nnc3n2CCCCC3)c1. The highest BCUT2D eigenvalue weighted by molar-refractivity contribution is 6.07. The van der Waals surface area contributed by atoms with Crippen molar-refractivity contribution in [3.63, 3.8) is 0 Å². The molecule has 3 N–H and O–H groups in total. The highest BCUT2D eigenvalue weighted by Crippen LogP contribution is 2.31. The molecule has 6 rings (SSSR count). The molecule has 0 spiro atoms. The molecular formula is C37H40FN7O3. The lowest BCUT2D eigenvalue weighted by Crippen LogP contribution is -2.44. The molecule has 0 bridgehead atoms. The van der Waals surface area contributed by atoms with E-state index in [0.717, 1.165) is 42.6 Å². The first-order chi connectivity index (χ1) is 23.2. The van der Waals surface area contributed by atoms with Gasteiger partial charge in [0, 0.05) is 42.3 Å². The van der Waals surface area contributed by atoms with E-state index in [4.69, 9.17) is 5.73 Å². The number of nitrogens with two attached hydrogens (primary N) is 1. The van der Waals surface area contributed by atoms with Crippen molar-refractivity contribution in [1.82, 2.24) is 24.2 Å². The van der Waals surface area contributed by atoms with Crippen LogP contribution in [0.25, 0.3) is 27.9 Å². The van der Waals surface area contributed by atoms with Crippen molar-refractivity contribution in [2.45, 2.75) is 65.1 Å². The fourth-order valence-corrected chi connectivity index (χ4v) is 6.83. The first-order valence-corrected chi connectivity index (χ1v) is 16.4. The monoisotopic (exact) mass is 649 g/mol. The number of benzene rings is 2. The summed E-state index contributed by atoms with van der Waals surface area (Å²) in [6.07, 6.45) is 13.4. The Hall–Kier alpha value is -5.32. The summed E-state index contributed by atoms with van der Waals surface area (Å²) in [5.74, 6) is -0.277. The van der Waals surface area contributed by atoms with E-state index in [1.807, 2.05) is 54.8 Å². The third-order valence-electron chi connectivity index (χ3n) is 9.23. The van der Waals surface area contributed by atoms with Gasteiger partial charge in [0.1, 0.15) is 24.2 Å². The maximum absolute atomic E-state index is 15.1. The summed E-state index contributed by atoms with van der Waals surface area (Å²) in [6.45, 7) is 8.69. The number of aryl methyl sites for hydroxylation is 1. The highest BCUT2D eigenvalue weighted by Gasteiger charge is 2.38. The minimum Gasteiger partial charge on any atom is -0.366 e. The van der Waals surface area contributed by atoms with Crippen LogP contribution in [-0.2, 0) is 29.1 Å². The lowest BCUT2D eigenvalue weighted by molar-refractivity contribution is -0.137. The molecule has 2 aliphatic rings. The fourth-order valence-electron chi connectivity index (χ4n) is 6.83. The van der Waals surface area contributed by atoms with E-state index in [2.05, 4.69) is 22.1 Å². The van der Waals surface area contributed by atoms with Crippen molar-refractivity contribution in [2.75, 3.05) is 11.9 Å². The molecule has 10 nitrogen and oxygen atoms in total. The minimum atomic E-state index is -0.719. The Morgan fingerprint density at radius 3 is 2.73 bits per heavy atom. The third kappa shape index (κ3) is 6.45. The maximum atomic E-state index is 15.1. The number of likely N-dealkylation sites (tertiary alicyclic amines) is 1. The Morgan fingerprint density at radius 2 is 1.96 bits per heavy atom. The predicted molar refractivity (Wildman–Crippen MR) is 184 cm³/mol. The molecule has 0 radical (unpaired) electrons. The van der Waals surface area contributed by atoms with Gasteiger partial charge in [0.15, 0.2) is 5.82 Å². The summed E-state index contributed by atoms with van der Waals surface area (Å²) in [5, 5.41) is 12.1. The number of hydrogen-bond acceptors (Lipinski definition) is 5. The van der Waals surface area contributed by atoms with Crippen LogP contribution in [0.4, 0.5) is 10.1 Å². The van der Waals surface area contributed by atoms with Crippen LogP contribution in [0, 0.1) is 11.7 Å². The predicted octanol–water partition coefficient (Wildman–Crippen LogP) is 5.89. The molecule has 11 heteroatoms. The average Bonchev–Trinajstić information content (AvgIpc) is 3.72. The number of carbonyl (C=O) groups is 3. The standard InChI is InChI=1S/C37H40FN7O3/c1-4-6-10-24(5-2)25-12-15-31-27(18-25)29(35(39)47)21-43(31)22-34(46)45-20-23(3)17-32(45)37(48)40-26-13-14-30(38)28(19-26)36-42-41-33-11-8-7-9-16-44(33)36/h4-6,10,12-15,18-19,21,23,32H,1,7-9,11,16-17,20,22H2,2-3H3,(H2,39,47)(H,40,48)/b10-6-,24-5+. The highest BCUT2D eigenvalue weighted by atomic mass is 19.1. The summed E-state index contributed by atoms with van der Waals surface area (Å²) in [4.78, 5) is 41.5. The van der Waals surface area contributed by atoms with E-state index in [1.165, 1.54) is 12.1 Å². The van der Waals surface area contributed by atoms with E-state index in [9.17, 15) is 14.4 Å². The second-order valence-electron chi connectivity index (χ2n) is 12.6. The number of primary amides is 1. The second-order valence-corrected chi connectivity index (χ2v) is 12.6. The van der Waals surface area contributed by atoms with E-state index < -0.39 is 17.8 Å². The molecule has 4 aromatic rings. The Balaban J connectivity index is 1.23. The molecule has 1 fully saturated rings. The van der Waals surface area contributed by atoms with Crippen molar-refractivity contribution < 1.29 is 18.8 Å². The van der Waals surface area contributed by atoms with E-state index in [-0.39, 0.29) is 29.8 Å². The largest absolute Gasteiger partial charge is 0.366 e. The normalized spacial score (nSPS) is 18.2. The molecule has 1 saturated heterocycles. The molecule has 0 saturated carbocycles. The van der Waals surface area contributed by atoms with Gasteiger partial charge in [0.2, 0.25) is 11.8 Å². The van der Waals surface area contributed by atoms with Crippen molar-refractivity contribution in [3.05, 3.63) is 96.2 Å². The maximum Gasteiger partial charge on any atom is 0.250 e. The summed E-state index contributed by atoms with van der Waals surface area (Å²) in [6, 6.07) is 9.38. The molecule has 0 aliphatic carbocycles. The molecule has 48 heavy (non-hydrogen) atoms. The number of allylic oxidation sites excluding steroid dienone is 5. The molecule has 2 unspecified atom stereocenters. The number of fused-ring (bicyclic) bond motifs is 2. The number of anilines is 1. The topological polar surface area (TPSA) is 128 Å². The van der Waals surface area contributed by atoms with Gasteiger partial charge in [-0.3, -0.25) is 14.4 Å². The van der Waals surface area contributed by atoms with E-state index in [0.29, 0.717) is 47.5 Å². The van der Waals surface area contributed by atoms with E-state index in [1.54, 1.807) is 27.8 Å². The van der Waals surface area contributed by atoms with Gasteiger partial charge >= 0.3 is 0 Å². The quantitative estimate of drug-likeness (QED) is 0.219. The molecule has 248 valence electrons. The molecule has 4 heterocycles. The van der Waals surface area contributed by atoms with Crippen LogP contribution >= 0.6 is 0 Å². The van der Waals surface area contributed by atoms with Gasteiger partial charge in [-0.15, -0.1) is 10.2 Å². The lowest BCUT2D eigenvalue weighted by Gasteiger charge is -2.24. The van der Waals surface area contributed by atoms with Gasteiger partial charge in [0.25, 0.3) is 5.91 Å². The molecule has 2 aromatic carbocycles. The number of aromatic nitrogens is 4. The molecule has 2 atom stereocenters. The van der Waals surface area contributed by atoms with Gasteiger partial charge in [-0.25, -0.2) is 4.39 Å². The zero-order chi connectivity index (χ0) is 33.9. The van der Waals surface area contributed by atoms with Crippen LogP contribution in [0.2, 0.25) is 0 Å². The molecule has 2 aromatic heterocycles. The Kier molecular flexibility index (Phi) is 9.38. The van der Waals surface area contributed by atoms with Gasteiger partial charge in [-0.1, -0.05) is 50.3 Å². The Bertz CT molecular complexity index is 1970. The number of rotatable bonds is 9. The van der Waals surface area contributed by atoms with Gasteiger partial charge in [-0.05, 0) is 73.6 Å². The van der Waals surface area contributed by atoms with Crippen LogP contribution in [0.3, 0.4) is 0 Å². The zero-order valence-corrected chi connectivity index (χ0v) is 27.3. The number of amides is 3. The average molecular weight is 650 g/mol. The number of nitrogens with zero attached hydrogens (tertiary/aromatic N) is 5. The lowest BCUT2D eigenvalue weighted by atomic mass is 10.0. The molecule has 2 aliphatic heterocycles. The second kappa shape index (κ2) is 13.8. The molecular weight excluding hydrogens is 609 g/mol. The van der Waals surface area contributed by atoms with Crippen LogP contribution in [0.1, 0.15) is 61.3 Å². The van der Waals surface area contributed by atoms with E-state index >= 15 is 4.39 Å². The molecule has 3 amide bonds. The van der Waals surface area contributed by atoms with Crippen molar-refractivity contribution in [1.29, 1.82) is 0 Å². The van der Waals surface area contributed by atoms with Crippen molar-refractivity contribution in [3.8, 4) is 11.4 Å². The van der Waals surface area contributed by atoms with Gasteiger partial charge < -0.3 is 25.1 Å². The zero-order valence-electron chi connectivity index (χ0n) is 27.3. The van der Waals surface area contributed by atoms with Crippen molar-refractivity contribution >= 4 is 39.9 Å². The summed E-state index contributed by atoms with van der Waals surface area (Å²) >= 11 is 0. The Morgan fingerprint density at radius 1 is 1.12 bits per heavy atom. The summed E-state index contributed by atoms with van der Waals surface area (Å²) in [5.41, 5.74) is 9.27. The number of nitrogens with one attached hydrogen (secondary N) is 1. The van der Waals surface area contributed by atoms with Gasteiger partial charge in [-0.2, -0.15) is 0 Å². The Labute approximate surface area is 278 Å². The first kappa shape index (κ1) is 32.6. The van der Waals surface area contributed by atoms with Crippen LogP contribution in [-0.4, -0.2) is 54.5 Å². The van der Waals surface area contributed by atoms with Gasteiger partial charge in [0.05, 0.1) is 11.1 Å². The smallest absolute Gasteiger partial charge is 0.250 e. The number of carbonyl (C=O) groups excluding carboxylic acids is 3. The van der Waals surface area contributed by atoms with Crippen LogP contribution < -0.4 is 11.1 Å². The number of halogens is 1. The number of hydrogen-bond donors (Lipinski definition) is 2. The summed E-state index contributed by atoms with van der Waals surface area (Å²) < 4.78 is 18.7. The van der Waals surface area contributed by atoms with Crippen LogP contribution in [0.5, 0.6) is 0 Å². The fraction of sp³-hybridized carbons (Fsp3) is 0.324. The minimum absolute atomic E-state index is 0.0782. The van der Waals surface area contributed by atoms with Crippen LogP contribution in [0.15, 0.2) is 73.5 Å². The van der Waals surface area contributed by atoms with Crippen molar-refractivity contribution in [2.24, 2.45) is 11.7 Å². The first-order valence-electron chi connectivity index (χ1n) is 16.4. The third-order valence-corrected chi connectivity index (χ3v) is 9.23. The summed E-state index contributed by atoms with van der Waals surface area (Å²) in [7, 11) is 0.